The first kappa shape index (κ1) is 35.5. The second kappa shape index (κ2) is 13.9. The molecule has 0 aromatic heterocycles. The average molecular weight is 738 g/mol. The normalized spacial score (nSPS) is 28.7. The Morgan fingerprint density at radius 3 is 2.57 bits per heavy atom. The van der Waals surface area contributed by atoms with Crippen LogP contribution in [0.1, 0.15) is 74.5 Å². The molecule has 3 heterocycles. The Labute approximate surface area is 303 Å². The molecule has 5 aliphatic rings. The Bertz CT molecular complexity index is 1850. The topological polar surface area (TPSA) is 168 Å². The highest BCUT2D eigenvalue weighted by Gasteiger charge is 2.63. The fraction of sp³-hybridized carbons (Fsp3) is 0.514. The quantitative estimate of drug-likeness (QED) is 0.377. The van der Waals surface area contributed by atoms with Crippen LogP contribution in [-0.4, -0.2) is 77.1 Å². The van der Waals surface area contributed by atoms with Crippen molar-refractivity contribution in [3.05, 3.63) is 82.4 Å². The van der Waals surface area contributed by atoms with Gasteiger partial charge in [0.1, 0.15) is 17.7 Å². The highest BCUT2D eigenvalue weighted by atomic mass is 35.5. The van der Waals surface area contributed by atoms with E-state index in [2.05, 4.69) is 10.0 Å². The lowest BCUT2D eigenvalue weighted by Gasteiger charge is -2.28. The molecule has 3 fully saturated rings. The summed E-state index contributed by atoms with van der Waals surface area (Å²) in [5, 5.41) is 3.43. The summed E-state index contributed by atoms with van der Waals surface area (Å²) in [4.78, 5) is 58.1. The summed E-state index contributed by atoms with van der Waals surface area (Å²) in [6, 6.07) is 12.8. The summed E-state index contributed by atoms with van der Waals surface area (Å²) in [6.45, 7) is 0.553. The molecule has 0 unspecified atom stereocenters. The van der Waals surface area contributed by atoms with E-state index >= 15 is 0 Å². The summed E-state index contributed by atoms with van der Waals surface area (Å²) in [6.07, 6.45) is 7.33. The van der Waals surface area contributed by atoms with Crippen molar-refractivity contribution >= 4 is 45.4 Å². The summed E-state index contributed by atoms with van der Waals surface area (Å²) < 4.78 is 34.6. The lowest BCUT2D eigenvalue weighted by molar-refractivity contribution is -0.140. The van der Waals surface area contributed by atoms with Crippen molar-refractivity contribution < 1.29 is 32.3 Å². The third kappa shape index (κ3) is 7.12. The Balaban J connectivity index is 1.09. The van der Waals surface area contributed by atoms with Gasteiger partial charge in [0.05, 0.1) is 23.9 Å². The molecule has 0 radical (unpaired) electrons. The van der Waals surface area contributed by atoms with Crippen LogP contribution in [0, 0.1) is 5.92 Å². The number of ether oxygens (including phenoxy) is 1. The second-order valence-electron chi connectivity index (χ2n) is 14.7. The Hall–Kier alpha value is -3.94. The Morgan fingerprint density at radius 1 is 1.04 bits per heavy atom. The van der Waals surface area contributed by atoms with Crippen molar-refractivity contribution in [3.8, 4) is 0 Å². The average Bonchev–Trinajstić information content (AvgIpc) is 3.92. The van der Waals surface area contributed by atoms with Crippen molar-refractivity contribution in [2.75, 3.05) is 6.54 Å². The first-order valence-corrected chi connectivity index (χ1v) is 19.6. The van der Waals surface area contributed by atoms with Gasteiger partial charge >= 0.3 is 6.09 Å². The minimum absolute atomic E-state index is 0.00569. The van der Waals surface area contributed by atoms with E-state index in [4.69, 9.17) is 22.1 Å². The van der Waals surface area contributed by atoms with Crippen molar-refractivity contribution in [1.82, 2.24) is 19.8 Å². The highest BCUT2D eigenvalue weighted by molar-refractivity contribution is 7.91. The molecule has 2 aromatic rings. The molecule has 1 saturated heterocycles. The number of allylic oxidation sites excluding steroid dienone is 1. The number of benzene rings is 2. The fourth-order valence-corrected chi connectivity index (χ4v) is 9.65. The number of nitrogens with one attached hydrogen (secondary N) is 2. The molecule has 14 heteroatoms. The molecule has 2 aliphatic carbocycles. The van der Waals surface area contributed by atoms with E-state index < -0.39 is 68.2 Å². The lowest BCUT2D eigenvalue weighted by Crippen LogP contribution is -2.58. The van der Waals surface area contributed by atoms with Crippen molar-refractivity contribution in [2.24, 2.45) is 11.7 Å². The first-order chi connectivity index (χ1) is 24.4. The molecular weight excluding hydrogens is 694 g/mol. The van der Waals surface area contributed by atoms with Gasteiger partial charge in [-0.2, -0.15) is 0 Å². The zero-order chi connectivity index (χ0) is 36.0. The third-order valence-electron chi connectivity index (χ3n) is 11.1. The Morgan fingerprint density at radius 2 is 1.82 bits per heavy atom. The number of hydrogen-bond donors (Lipinski definition) is 3. The molecule has 4 amide bonds. The van der Waals surface area contributed by atoms with Gasteiger partial charge in [0.25, 0.3) is 5.91 Å². The molecule has 2 saturated carbocycles. The van der Waals surface area contributed by atoms with Gasteiger partial charge in [0.2, 0.25) is 21.8 Å². The van der Waals surface area contributed by atoms with E-state index in [0.29, 0.717) is 30.8 Å². The molecule has 4 N–H and O–H groups in total. The Kier molecular flexibility index (Phi) is 9.66. The number of hydrogen-bond acceptors (Lipinski definition) is 8. The predicted molar refractivity (Wildman–Crippen MR) is 189 cm³/mol. The molecule has 0 bridgehead atoms. The number of nitrogens with zero attached hydrogens (tertiary/aromatic N) is 2. The number of carbonyl (C=O) groups excluding carboxylic acids is 4. The van der Waals surface area contributed by atoms with Crippen molar-refractivity contribution in [2.45, 2.75) is 106 Å². The van der Waals surface area contributed by atoms with E-state index in [1.165, 1.54) is 9.80 Å². The van der Waals surface area contributed by atoms with E-state index in [-0.39, 0.29) is 32.4 Å². The maximum atomic E-state index is 14.2. The number of amides is 4. The largest absolute Gasteiger partial charge is 0.444 e. The molecule has 0 spiro atoms. The van der Waals surface area contributed by atoms with Crippen LogP contribution in [-0.2, 0) is 48.7 Å². The lowest BCUT2D eigenvalue weighted by atomic mass is 10.1. The minimum atomic E-state index is -4.10. The highest BCUT2D eigenvalue weighted by Crippen LogP contribution is 2.49. The first-order valence-electron chi connectivity index (χ1n) is 17.8. The number of carbonyl (C=O) groups is 4. The molecule has 12 nitrogen and oxygen atoms in total. The van der Waals surface area contributed by atoms with E-state index in [9.17, 15) is 27.6 Å². The number of halogens is 1. The van der Waals surface area contributed by atoms with Gasteiger partial charge in [-0.1, -0.05) is 79.1 Å². The van der Waals surface area contributed by atoms with Crippen molar-refractivity contribution in [1.29, 1.82) is 0 Å². The summed E-state index contributed by atoms with van der Waals surface area (Å²) in [5.41, 5.74) is 7.47. The monoisotopic (exact) mass is 737 g/mol. The molecule has 7 rings (SSSR count). The van der Waals surface area contributed by atoms with Crippen LogP contribution >= 0.6 is 11.6 Å². The van der Waals surface area contributed by atoms with Crippen LogP contribution in [0.5, 0.6) is 0 Å². The maximum absolute atomic E-state index is 14.2. The van der Waals surface area contributed by atoms with E-state index in [0.717, 1.165) is 42.4 Å². The second-order valence-corrected chi connectivity index (χ2v) is 17.2. The van der Waals surface area contributed by atoms with Gasteiger partial charge in [-0.15, -0.1) is 0 Å². The molecule has 272 valence electrons. The number of sulfonamides is 1. The van der Waals surface area contributed by atoms with Crippen LogP contribution in [0.15, 0.2) is 60.7 Å². The number of nitrogens with two attached hydrogens (primary N) is 1. The standard InChI is InChI=1S/C37H44ClN5O7S/c38-29-14-9-12-25-21-42(23-28(25)29)35(47)50-27-18-31-32(44)40-37(20-26(37)13-7-2-1-3-8-15-30(39)33(45)43(31)22-27)34(46)41-51(48,49)36(16-17-36)19-24-10-5-4-6-11-24/h4-7,9-14,26-27,30-31H,1-3,8,15-23,39H2,(H,40,44)(H,41,46)/t26-,27-,30+,31+,37-/m1/s1. The number of rotatable bonds is 6. The molecule has 3 aliphatic heterocycles. The molecular formula is C37H44ClN5O7S. The zero-order valence-corrected chi connectivity index (χ0v) is 30.0. The van der Waals surface area contributed by atoms with E-state index in [1.807, 2.05) is 54.6 Å². The fourth-order valence-electron chi connectivity index (χ4n) is 7.76. The summed E-state index contributed by atoms with van der Waals surface area (Å²) in [5.74, 6) is -2.29. The van der Waals surface area contributed by atoms with Crippen LogP contribution in [0.25, 0.3) is 0 Å². The molecule has 51 heavy (non-hydrogen) atoms. The summed E-state index contributed by atoms with van der Waals surface area (Å²) in [7, 11) is -4.10. The van der Waals surface area contributed by atoms with Crippen molar-refractivity contribution in [3.63, 3.8) is 0 Å². The van der Waals surface area contributed by atoms with Crippen LogP contribution in [0.2, 0.25) is 5.02 Å². The van der Waals surface area contributed by atoms with Crippen LogP contribution in [0.4, 0.5) is 4.79 Å². The van der Waals surface area contributed by atoms with Gasteiger partial charge in [-0.25, -0.2) is 13.2 Å². The van der Waals surface area contributed by atoms with Crippen LogP contribution < -0.4 is 15.8 Å². The van der Waals surface area contributed by atoms with E-state index in [1.54, 1.807) is 6.07 Å². The molecule has 5 atom stereocenters. The van der Waals surface area contributed by atoms with Gasteiger partial charge in [0, 0.05) is 23.9 Å². The van der Waals surface area contributed by atoms with Gasteiger partial charge in [0.15, 0.2) is 0 Å². The minimum Gasteiger partial charge on any atom is -0.444 e. The smallest absolute Gasteiger partial charge is 0.410 e. The van der Waals surface area contributed by atoms with Gasteiger partial charge < -0.3 is 20.7 Å². The van der Waals surface area contributed by atoms with Gasteiger partial charge in [-0.3, -0.25) is 24.0 Å². The van der Waals surface area contributed by atoms with Crippen LogP contribution in [0.3, 0.4) is 0 Å². The summed E-state index contributed by atoms with van der Waals surface area (Å²) >= 11 is 6.35. The SMILES string of the molecule is N[C@H]1CCCCCC=C[C@@H]2C[C@@]2(C(=O)NS(=O)(=O)C2(Cc3ccccc3)CC2)NC(=O)[C@@H]2C[C@@H](OC(=O)N3Cc4cccc(Cl)c4C3)CN2C1=O. The van der Waals surface area contributed by atoms with Gasteiger partial charge in [-0.05, 0) is 67.7 Å². The predicted octanol–water partition coefficient (Wildman–Crippen LogP) is 3.71. The zero-order valence-electron chi connectivity index (χ0n) is 28.4. The third-order valence-corrected chi connectivity index (χ3v) is 13.6. The molecule has 2 aromatic carbocycles. The maximum Gasteiger partial charge on any atom is 0.410 e. The number of fused-ring (bicyclic) bond motifs is 3.